The van der Waals surface area contributed by atoms with E-state index < -0.39 is 12.3 Å². The summed E-state index contributed by atoms with van der Waals surface area (Å²) >= 11 is 4.94. The van der Waals surface area contributed by atoms with Crippen molar-refractivity contribution in [1.82, 2.24) is 9.97 Å². The predicted molar refractivity (Wildman–Crippen MR) is 93.6 cm³/mol. The smallest absolute Gasteiger partial charge is 0.136 e. The Morgan fingerprint density at radius 3 is 2.95 bits per heavy atom. The zero-order valence-electron chi connectivity index (χ0n) is 15.4. The molecule has 1 aliphatic rings. The minimum Gasteiger partial charge on any atom is -0.300 e. The maximum Gasteiger partial charge on any atom is 0.136 e. The zero-order chi connectivity index (χ0) is 18.2. The van der Waals surface area contributed by atoms with E-state index in [1.807, 2.05) is 12.1 Å². The normalized spacial score (nSPS) is 18.9. The van der Waals surface area contributed by atoms with Crippen molar-refractivity contribution in [3.63, 3.8) is 0 Å². The summed E-state index contributed by atoms with van der Waals surface area (Å²) in [6, 6.07) is 3.77. The fraction of sp³-hybridized carbons (Fsp3) is 0.471. The predicted octanol–water partition coefficient (Wildman–Crippen LogP) is 4.67. The van der Waals surface area contributed by atoms with E-state index in [-0.39, 0.29) is 5.78 Å². The van der Waals surface area contributed by atoms with Crippen LogP contribution in [0.25, 0.3) is 10.4 Å². The van der Waals surface area contributed by atoms with Gasteiger partial charge in [0, 0.05) is 26.7 Å². The summed E-state index contributed by atoms with van der Waals surface area (Å²) in [6.45, 7) is -0.501. The van der Waals surface area contributed by atoms with Gasteiger partial charge in [0.1, 0.15) is 10.8 Å². The van der Waals surface area contributed by atoms with Crippen molar-refractivity contribution in [3.05, 3.63) is 34.7 Å². The van der Waals surface area contributed by atoms with Crippen LogP contribution in [-0.4, -0.2) is 15.8 Å². The number of rotatable bonds is 5. The van der Waals surface area contributed by atoms with Gasteiger partial charge in [-0.25, -0.2) is 4.98 Å². The fourth-order valence-electron chi connectivity index (χ4n) is 2.63. The Labute approximate surface area is 147 Å². The van der Waals surface area contributed by atoms with Gasteiger partial charge in [-0.3, -0.25) is 9.78 Å². The molecule has 22 heavy (non-hydrogen) atoms. The number of aromatic nitrogens is 2. The van der Waals surface area contributed by atoms with Gasteiger partial charge in [-0.05, 0) is 37.5 Å². The molecule has 0 unspecified atom stereocenters. The maximum atomic E-state index is 11.4. The second-order valence-corrected chi connectivity index (χ2v) is 7.41. The molecule has 1 saturated carbocycles. The Balaban J connectivity index is 2.03. The maximum absolute atomic E-state index is 11.4. The summed E-state index contributed by atoms with van der Waals surface area (Å²) in [5, 5.41) is 1.36. The largest absolute Gasteiger partial charge is 0.300 e. The average molecular weight is 382 g/mol. The number of hydrogen-bond acceptors (Lipinski definition) is 4. The summed E-state index contributed by atoms with van der Waals surface area (Å²) in [6.07, 6.45) is 4.20. The van der Waals surface area contributed by atoms with Gasteiger partial charge in [-0.15, -0.1) is 11.3 Å². The molecule has 0 saturated heterocycles. The molecular weight excluding hydrogens is 360 g/mol. The zero-order valence-corrected chi connectivity index (χ0v) is 14.8. The highest BCUT2D eigenvalue weighted by molar-refractivity contribution is 9.08. The lowest BCUT2D eigenvalue weighted by molar-refractivity contribution is -0.116. The molecule has 1 aliphatic carbocycles. The highest BCUT2D eigenvalue weighted by atomic mass is 79.9. The molecule has 0 aliphatic heterocycles. The highest BCUT2D eigenvalue weighted by Crippen LogP contribution is 2.43. The lowest BCUT2D eigenvalue weighted by Gasteiger charge is -2.37. The van der Waals surface area contributed by atoms with Gasteiger partial charge >= 0.3 is 0 Å². The number of hydrogen-bond donors (Lipinski definition) is 0. The Morgan fingerprint density at radius 2 is 2.36 bits per heavy atom. The van der Waals surface area contributed by atoms with E-state index in [2.05, 4.69) is 25.9 Å². The van der Waals surface area contributed by atoms with E-state index >= 15 is 0 Å². The van der Waals surface area contributed by atoms with Gasteiger partial charge in [0.25, 0.3) is 0 Å². The first kappa shape index (κ1) is 12.4. The van der Waals surface area contributed by atoms with Crippen LogP contribution in [0.15, 0.2) is 18.3 Å². The number of thiazole rings is 1. The first-order valence-corrected chi connectivity index (χ1v) is 9.21. The van der Waals surface area contributed by atoms with Crippen molar-refractivity contribution in [3.8, 4) is 10.4 Å². The molecule has 2 aromatic rings. The Hall–Kier alpha value is -1.07. The lowest BCUT2D eigenvalue weighted by Crippen LogP contribution is -2.31. The van der Waals surface area contributed by atoms with Crippen molar-refractivity contribution < 1.29 is 8.91 Å². The number of halogens is 1. The van der Waals surface area contributed by atoms with Gasteiger partial charge in [-0.1, -0.05) is 29.2 Å². The molecule has 2 heterocycles. The minimum absolute atomic E-state index is 0.0765. The molecule has 0 spiro atoms. The van der Waals surface area contributed by atoms with Gasteiger partial charge in [0.05, 0.1) is 17.0 Å². The number of Topliss-reactive ketones (excluding diaryl/α,β-unsaturated/α-hetero) is 1. The van der Waals surface area contributed by atoms with E-state index in [4.69, 9.17) is 4.11 Å². The summed E-state index contributed by atoms with van der Waals surface area (Å²) < 4.78 is 23.8. The van der Waals surface area contributed by atoms with E-state index in [1.165, 1.54) is 11.3 Å². The van der Waals surface area contributed by atoms with Crippen LogP contribution in [-0.2, 0) is 22.0 Å². The molecule has 0 bridgehead atoms. The summed E-state index contributed by atoms with van der Waals surface area (Å²) in [7, 11) is 0. The van der Waals surface area contributed by atoms with Crippen LogP contribution in [0.5, 0.6) is 0 Å². The molecule has 3 rings (SSSR count). The molecule has 0 amide bonds. The number of pyridine rings is 1. The molecule has 3 nitrogen and oxygen atoms in total. The van der Waals surface area contributed by atoms with Crippen LogP contribution in [0.1, 0.15) is 53.5 Å². The first-order valence-electron chi connectivity index (χ1n) is 8.78. The lowest BCUT2D eigenvalue weighted by atomic mass is 9.68. The molecule has 0 N–H and O–H groups in total. The molecule has 0 radical (unpaired) electrons. The van der Waals surface area contributed by atoms with Crippen LogP contribution >= 0.6 is 27.3 Å². The molecule has 0 atom stereocenters. The van der Waals surface area contributed by atoms with Crippen LogP contribution in [0.2, 0.25) is 0 Å². The second kappa shape index (κ2) is 6.20. The van der Waals surface area contributed by atoms with Gasteiger partial charge < -0.3 is 0 Å². The average Bonchev–Trinajstić information content (AvgIpc) is 2.87. The van der Waals surface area contributed by atoms with Gasteiger partial charge in [0.15, 0.2) is 0 Å². The third-order valence-corrected chi connectivity index (χ3v) is 5.67. The van der Waals surface area contributed by atoms with E-state index in [0.717, 1.165) is 27.6 Å². The Bertz CT molecular complexity index is 799. The molecule has 0 aromatic carbocycles. The Kier molecular flexibility index (Phi) is 3.49. The number of nitrogens with zero attached hydrogens (tertiary/aromatic N) is 2. The minimum atomic E-state index is -2.05. The van der Waals surface area contributed by atoms with Crippen molar-refractivity contribution >= 4 is 33.0 Å². The standard InChI is InChI=1S/C17H19BrN2OS/c1-11(21)8-15-20-13(10-18)16(22-15)12-4-7-19-14(9-12)17(2)5-3-6-17/h4,7,9H,3,5-6,8,10H2,1-2H3/i2D3. The summed E-state index contributed by atoms with van der Waals surface area (Å²) in [5.74, 6) is 0.0765. The number of carbonyl (C=O) groups is 1. The second-order valence-electron chi connectivity index (χ2n) is 5.76. The molecule has 5 heteroatoms. The van der Waals surface area contributed by atoms with Crippen molar-refractivity contribution in [2.24, 2.45) is 0 Å². The SMILES string of the molecule is [2H]C([2H])([2H])C1(c2cc(-c3sc(CC(C)=O)nc3CBr)ccn2)CCC1. The van der Waals surface area contributed by atoms with Crippen molar-refractivity contribution in [2.75, 3.05) is 0 Å². The van der Waals surface area contributed by atoms with E-state index in [0.29, 0.717) is 30.3 Å². The van der Waals surface area contributed by atoms with Crippen molar-refractivity contribution in [1.29, 1.82) is 0 Å². The fourth-order valence-corrected chi connectivity index (χ4v) is 4.36. The number of carbonyl (C=O) groups excluding carboxylic acids is 1. The van der Waals surface area contributed by atoms with Gasteiger partial charge in [-0.2, -0.15) is 0 Å². The van der Waals surface area contributed by atoms with Crippen LogP contribution in [0.4, 0.5) is 0 Å². The third-order valence-electron chi connectivity index (χ3n) is 3.99. The van der Waals surface area contributed by atoms with Crippen LogP contribution in [0, 0.1) is 0 Å². The topological polar surface area (TPSA) is 42.9 Å². The van der Waals surface area contributed by atoms with E-state index in [1.54, 1.807) is 13.1 Å². The third kappa shape index (κ3) is 3.01. The monoisotopic (exact) mass is 381 g/mol. The number of ketones is 1. The number of alkyl halides is 1. The molecule has 2 aromatic heterocycles. The highest BCUT2D eigenvalue weighted by Gasteiger charge is 2.35. The molecule has 116 valence electrons. The van der Waals surface area contributed by atoms with Crippen molar-refractivity contribution in [2.45, 2.75) is 50.2 Å². The van der Waals surface area contributed by atoms with Gasteiger partial charge in [0.2, 0.25) is 0 Å². The quantitative estimate of drug-likeness (QED) is 0.706. The molecular formula is C17H19BrN2OS. The Morgan fingerprint density at radius 1 is 1.55 bits per heavy atom. The van der Waals surface area contributed by atoms with Crippen LogP contribution < -0.4 is 0 Å². The summed E-state index contributed by atoms with van der Waals surface area (Å²) in [5.41, 5.74) is 1.60. The first-order chi connectivity index (χ1) is 11.8. The summed E-state index contributed by atoms with van der Waals surface area (Å²) in [4.78, 5) is 21.3. The molecule has 1 fully saturated rings. The van der Waals surface area contributed by atoms with Crippen LogP contribution in [0.3, 0.4) is 0 Å². The van der Waals surface area contributed by atoms with E-state index in [9.17, 15) is 4.79 Å².